The van der Waals surface area contributed by atoms with E-state index in [1.165, 1.54) is 11.3 Å². The van der Waals surface area contributed by atoms with Gasteiger partial charge in [-0.05, 0) is 17.4 Å². The van der Waals surface area contributed by atoms with Crippen molar-refractivity contribution in [2.45, 2.75) is 25.9 Å². The van der Waals surface area contributed by atoms with Gasteiger partial charge in [0.1, 0.15) is 6.04 Å². The molecule has 3 N–H and O–H groups in total. The predicted molar refractivity (Wildman–Crippen MR) is 69.9 cm³/mol. The molecule has 17 heavy (non-hydrogen) atoms. The molecule has 0 bridgehead atoms. The number of methoxy groups -OCH3 is 1. The molecule has 2 atom stereocenters. The molecule has 0 aliphatic rings. The summed E-state index contributed by atoms with van der Waals surface area (Å²) in [7, 11) is 1.63. The largest absolute Gasteiger partial charge is 0.383 e. The molecule has 0 spiro atoms. The van der Waals surface area contributed by atoms with Crippen LogP contribution < -0.4 is 11.1 Å². The van der Waals surface area contributed by atoms with Crippen LogP contribution >= 0.6 is 11.3 Å². The van der Waals surface area contributed by atoms with Crippen molar-refractivity contribution in [2.75, 3.05) is 13.7 Å². The van der Waals surface area contributed by atoms with E-state index in [4.69, 9.17) is 10.5 Å². The Balaban J connectivity index is 2.58. The molecule has 0 aliphatic heterocycles. The van der Waals surface area contributed by atoms with Crippen molar-refractivity contribution >= 4 is 17.2 Å². The van der Waals surface area contributed by atoms with E-state index in [9.17, 15) is 4.79 Å². The number of carbonyl (C=O) groups excluding carboxylic acids is 1. The predicted octanol–water partition coefficient (Wildman–Crippen LogP) is 1.54. The minimum absolute atomic E-state index is 0.00138. The molecule has 0 saturated carbocycles. The first-order valence-corrected chi connectivity index (χ1v) is 6.52. The highest BCUT2D eigenvalue weighted by Gasteiger charge is 2.21. The quantitative estimate of drug-likeness (QED) is 0.811. The van der Waals surface area contributed by atoms with Crippen LogP contribution in [0.2, 0.25) is 0 Å². The highest BCUT2D eigenvalue weighted by Crippen LogP contribution is 2.17. The molecule has 0 aliphatic carbocycles. The van der Waals surface area contributed by atoms with Gasteiger partial charge in [-0.15, -0.1) is 11.3 Å². The van der Waals surface area contributed by atoms with Crippen molar-refractivity contribution in [3.8, 4) is 0 Å². The number of hydrogen-bond acceptors (Lipinski definition) is 4. The molecule has 1 heterocycles. The molecule has 1 rings (SSSR count). The Kier molecular flexibility index (Phi) is 5.61. The number of thiophene rings is 1. The molecule has 2 unspecified atom stereocenters. The van der Waals surface area contributed by atoms with Crippen LogP contribution in [0.4, 0.5) is 0 Å². The molecule has 0 saturated heterocycles. The maximum absolute atomic E-state index is 11.9. The van der Waals surface area contributed by atoms with E-state index in [2.05, 4.69) is 5.32 Å². The monoisotopic (exact) mass is 256 g/mol. The molecule has 1 aromatic heterocycles. The van der Waals surface area contributed by atoms with Crippen LogP contribution in [-0.4, -0.2) is 25.7 Å². The molecule has 5 heteroatoms. The third-order valence-corrected chi connectivity index (χ3v) is 3.57. The minimum atomic E-state index is -0.590. The van der Waals surface area contributed by atoms with Crippen molar-refractivity contribution in [3.63, 3.8) is 0 Å². The van der Waals surface area contributed by atoms with Gasteiger partial charge in [0.05, 0.1) is 12.6 Å². The molecule has 0 radical (unpaired) electrons. The van der Waals surface area contributed by atoms with E-state index >= 15 is 0 Å². The van der Waals surface area contributed by atoms with Crippen LogP contribution in [0.1, 0.15) is 24.8 Å². The smallest absolute Gasteiger partial charge is 0.242 e. The van der Waals surface area contributed by atoms with Gasteiger partial charge in [0.2, 0.25) is 5.91 Å². The lowest BCUT2D eigenvalue weighted by molar-refractivity contribution is -0.123. The molecular formula is C12H20N2O2S. The molecule has 96 valence electrons. The van der Waals surface area contributed by atoms with Crippen LogP contribution in [0, 0.1) is 5.92 Å². The number of rotatable bonds is 6. The van der Waals surface area contributed by atoms with Crippen LogP contribution in [0.3, 0.4) is 0 Å². The Bertz CT molecular complexity index is 338. The summed E-state index contributed by atoms with van der Waals surface area (Å²) in [6.07, 6.45) is 0. The lowest BCUT2D eigenvalue weighted by atomic mass is 10.0. The first-order valence-electron chi connectivity index (χ1n) is 5.64. The summed E-state index contributed by atoms with van der Waals surface area (Å²) < 4.78 is 5.08. The standard InChI is InChI=1S/C12H20N2O2S/c1-8(2)9(7-16-3)14-12(15)11(13)10-5-4-6-17-10/h4-6,8-9,11H,7,13H2,1-3H3,(H,14,15). The fraction of sp³-hybridized carbons (Fsp3) is 0.583. The summed E-state index contributed by atoms with van der Waals surface area (Å²) in [6.45, 7) is 4.59. The Hall–Kier alpha value is -0.910. The first kappa shape index (κ1) is 14.2. The summed E-state index contributed by atoms with van der Waals surface area (Å²) in [5.41, 5.74) is 5.89. The van der Waals surface area contributed by atoms with Crippen LogP contribution in [0.25, 0.3) is 0 Å². The second-order valence-electron chi connectivity index (χ2n) is 4.31. The van der Waals surface area contributed by atoms with Crippen molar-refractivity contribution in [1.82, 2.24) is 5.32 Å². The second kappa shape index (κ2) is 6.74. The van der Waals surface area contributed by atoms with E-state index in [1.54, 1.807) is 7.11 Å². The van der Waals surface area contributed by atoms with Gasteiger partial charge >= 0.3 is 0 Å². The maximum Gasteiger partial charge on any atom is 0.242 e. The Morgan fingerprint density at radius 1 is 1.59 bits per heavy atom. The first-order chi connectivity index (χ1) is 8.06. The maximum atomic E-state index is 11.9. The zero-order valence-corrected chi connectivity index (χ0v) is 11.3. The van der Waals surface area contributed by atoms with Gasteiger partial charge < -0.3 is 15.8 Å². The van der Waals surface area contributed by atoms with Gasteiger partial charge in [-0.25, -0.2) is 0 Å². The van der Waals surface area contributed by atoms with Gasteiger partial charge in [-0.2, -0.15) is 0 Å². The number of nitrogens with one attached hydrogen (secondary N) is 1. The molecule has 0 fully saturated rings. The van der Waals surface area contributed by atoms with Crippen molar-refractivity contribution in [3.05, 3.63) is 22.4 Å². The average Bonchev–Trinajstić information content (AvgIpc) is 2.80. The Morgan fingerprint density at radius 3 is 2.76 bits per heavy atom. The second-order valence-corrected chi connectivity index (χ2v) is 5.29. The average molecular weight is 256 g/mol. The zero-order chi connectivity index (χ0) is 12.8. The fourth-order valence-corrected chi connectivity index (χ4v) is 2.18. The Morgan fingerprint density at radius 2 is 2.29 bits per heavy atom. The summed E-state index contributed by atoms with van der Waals surface area (Å²) in [4.78, 5) is 12.8. The van der Waals surface area contributed by atoms with E-state index in [0.29, 0.717) is 12.5 Å². The summed E-state index contributed by atoms with van der Waals surface area (Å²) in [5, 5.41) is 4.84. The lowest BCUT2D eigenvalue weighted by Crippen LogP contribution is -2.45. The molecule has 1 amide bonds. The Labute approximate surface area is 106 Å². The summed E-state index contributed by atoms with van der Waals surface area (Å²) >= 11 is 1.49. The topological polar surface area (TPSA) is 64.3 Å². The van der Waals surface area contributed by atoms with E-state index in [0.717, 1.165) is 4.88 Å². The number of hydrogen-bond donors (Lipinski definition) is 2. The normalized spacial score (nSPS) is 14.6. The summed E-state index contributed by atoms with van der Waals surface area (Å²) in [5.74, 6) is 0.164. The van der Waals surface area contributed by atoms with E-state index in [1.807, 2.05) is 31.4 Å². The molecule has 4 nitrogen and oxygen atoms in total. The van der Waals surface area contributed by atoms with E-state index in [-0.39, 0.29) is 11.9 Å². The molecule has 0 aromatic carbocycles. The van der Waals surface area contributed by atoms with Crippen molar-refractivity contribution in [2.24, 2.45) is 11.7 Å². The fourth-order valence-electron chi connectivity index (χ4n) is 1.45. The molecular weight excluding hydrogens is 236 g/mol. The van der Waals surface area contributed by atoms with Crippen molar-refractivity contribution in [1.29, 1.82) is 0 Å². The van der Waals surface area contributed by atoms with Crippen LogP contribution in [0.5, 0.6) is 0 Å². The van der Waals surface area contributed by atoms with Gasteiger partial charge in [-0.3, -0.25) is 4.79 Å². The number of ether oxygens (including phenoxy) is 1. The SMILES string of the molecule is COCC(NC(=O)C(N)c1cccs1)C(C)C. The molecule has 1 aromatic rings. The van der Waals surface area contributed by atoms with Crippen LogP contribution in [-0.2, 0) is 9.53 Å². The zero-order valence-electron chi connectivity index (χ0n) is 10.5. The van der Waals surface area contributed by atoms with Gasteiger partial charge in [0, 0.05) is 12.0 Å². The highest BCUT2D eigenvalue weighted by atomic mass is 32.1. The van der Waals surface area contributed by atoms with Gasteiger partial charge in [0.15, 0.2) is 0 Å². The summed E-state index contributed by atoms with van der Waals surface area (Å²) in [6, 6.07) is 3.17. The van der Waals surface area contributed by atoms with Crippen molar-refractivity contribution < 1.29 is 9.53 Å². The third kappa shape index (κ3) is 4.11. The van der Waals surface area contributed by atoms with Gasteiger partial charge in [0.25, 0.3) is 0 Å². The third-order valence-electron chi connectivity index (χ3n) is 2.61. The lowest BCUT2D eigenvalue weighted by Gasteiger charge is -2.23. The number of amides is 1. The minimum Gasteiger partial charge on any atom is -0.383 e. The van der Waals surface area contributed by atoms with Crippen LogP contribution in [0.15, 0.2) is 17.5 Å². The number of carbonyl (C=O) groups is 1. The highest BCUT2D eigenvalue weighted by molar-refractivity contribution is 7.10. The van der Waals surface area contributed by atoms with E-state index < -0.39 is 6.04 Å². The van der Waals surface area contributed by atoms with Gasteiger partial charge in [-0.1, -0.05) is 19.9 Å². The number of nitrogens with two attached hydrogens (primary N) is 1.